The van der Waals surface area contributed by atoms with Crippen molar-refractivity contribution in [2.45, 2.75) is 0 Å². The van der Waals surface area contributed by atoms with Crippen molar-refractivity contribution < 1.29 is 29.1 Å². The topological polar surface area (TPSA) is 93.1 Å². The molecular formula is C10H11BO6. The molecule has 0 atom stereocenters. The lowest BCUT2D eigenvalue weighted by Gasteiger charge is -2.08. The van der Waals surface area contributed by atoms with Gasteiger partial charge in [0.25, 0.3) is 0 Å². The zero-order valence-corrected chi connectivity index (χ0v) is 9.34. The maximum Gasteiger partial charge on any atom is 0.489 e. The highest BCUT2D eigenvalue weighted by molar-refractivity contribution is 6.60. The second-order valence-corrected chi connectivity index (χ2v) is 3.16. The molecule has 90 valence electrons. The van der Waals surface area contributed by atoms with E-state index in [-0.39, 0.29) is 16.6 Å². The molecule has 0 unspecified atom stereocenters. The summed E-state index contributed by atoms with van der Waals surface area (Å²) in [7, 11) is 0.533. The molecule has 17 heavy (non-hydrogen) atoms. The Morgan fingerprint density at radius 1 is 1.12 bits per heavy atom. The summed E-state index contributed by atoms with van der Waals surface area (Å²) in [6.07, 6.45) is 0. The van der Waals surface area contributed by atoms with Crippen molar-refractivity contribution in [3.63, 3.8) is 0 Å². The second-order valence-electron chi connectivity index (χ2n) is 3.16. The molecule has 0 radical (unpaired) electrons. The van der Waals surface area contributed by atoms with E-state index in [0.717, 1.165) is 7.11 Å². The molecule has 1 aromatic carbocycles. The minimum atomic E-state index is -1.82. The molecule has 0 aliphatic carbocycles. The largest absolute Gasteiger partial charge is 0.489 e. The molecule has 0 heterocycles. The first-order valence-electron chi connectivity index (χ1n) is 4.68. The minimum Gasteiger partial charge on any atom is -0.465 e. The highest BCUT2D eigenvalue weighted by Gasteiger charge is 2.22. The van der Waals surface area contributed by atoms with Crippen LogP contribution < -0.4 is 5.46 Å². The highest BCUT2D eigenvalue weighted by Crippen LogP contribution is 2.07. The van der Waals surface area contributed by atoms with Gasteiger partial charge in [-0.1, -0.05) is 6.07 Å². The zero-order valence-electron chi connectivity index (χ0n) is 9.34. The van der Waals surface area contributed by atoms with Gasteiger partial charge in [-0.3, -0.25) is 0 Å². The van der Waals surface area contributed by atoms with Crippen molar-refractivity contribution >= 4 is 24.5 Å². The van der Waals surface area contributed by atoms with E-state index in [9.17, 15) is 9.59 Å². The molecule has 0 spiro atoms. The second kappa shape index (κ2) is 5.47. The molecule has 0 aliphatic heterocycles. The predicted molar refractivity (Wildman–Crippen MR) is 58.9 cm³/mol. The Morgan fingerprint density at radius 3 is 2.18 bits per heavy atom. The Hall–Kier alpha value is -1.86. The SMILES string of the molecule is COC(=O)c1ccc(B(O)O)c(C(=O)OC)c1. The van der Waals surface area contributed by atoms with Crippen LogP contribution in [-0.4, -0.2) is 43.3 Å². The van der Waals surface area contributed by atoms with Gasteiger partial charge in [-0.15, -0.1) is 0 Å². The van der Waals surface area contributed by atoms with E-state index < -0.39 is 19.1 Å². The van der Waals surface area contributed by atoms with E-state index in [4.69, 9.17) is 10.0 Å². The lowest BCUT2D eigenvalue weighted by molar-refractivity contribution is 0.0599. The Labute approximate surface area is 97.9 Å². The molecule has 1 aromatic rings. The monoisotopic (exact) mass is 238 g/mol. The van der Waals surface area contributed by atoms with Gasteiger partial charge in [0.2, 0.25) is 0 Å². The molecule has 0 saturated carbocycles. The fourth-order valence-electron chi connectivity index (χ4n) is 1.31. The van der Waals surface area contributed by atoms with Crippen LogP contribution in [0.3, 0.4) is 0 Å². The van der Waals surface area contributed by atoms with Gasteiger partial charge in [0.1, 0.15) is 0 Å². The summed E-state index contributed by atoms with van der Waals surface area (Å²) in [5.41, 5.74) is -0.00722. The normalized spacial score (nSPS) is 9.65. The number of rotatable bonds is 3. The molecule has 0 saturated heterocycles. The molecule has 0 amide bonds. The summed E-state index contributed by atoms with van der Waals surface area (Å²) in [4.78, 5) is 22.7. The molecule has 0 aliphatic rings. The molecular weight excluding hydrogens is 227 g/mol. The van der Waals surface area contributed by atoms with Gasteiger partial charge in [0.15, 0.2) is 0 Å². The number of methoxy groups -OCH3 is 2. The fraction of sp³-hybridized carbons (Fsp3) is 0.200. The maximum absolute atomic E-state index is 11.4. The van der Waals surface area contributed by atoms with Crippen LogP contribution in [0.4, 0.5) is 0 Å². The molecule has 7 heteroatoms. The summed E-state index contributed by atoms with van der Waals surface area (Å²) in [6, 6.07) is 3.77. The number of esters is 2. The minimum absolute atomic E-state index is 0.0375. The molecule has 6 nitrogen and oxygen atoms in total. The maximum atomic E-state index is 11.4. The van der Waals surface area contributed by atoms with Gasteiger partial charge < -0.3 is 19.5 Å². The van der Waals surface area contributed by atoms with Crippen LogP contribution in [0.2, 0.25) is 0 Å². The van der Waals surface area contributed by atoms with Crippen molar-refractivity contribution in [1.29, 1.82) is 0 Å². The quantitative estimate of drug-likeness (QED) is 0.515. The van der Waals surface area contributed by atoms with Crippen molar-refractivity contribution in [3.8, 4) is 0 Å². The molecule has 0 fully saturated rings. The average molecular weight is 238 g/mol. The van der Waals surface area contributed by atoms with E-state index in [2.05, 4.69) is 9.47 Å². The lowest BCUT2D eigenvalue weighted by Crippen LogP contribution is -2.35. The zero-order chi connectivity index (χ0) is 13.0. The Bertz CT molecular complexity index is 442. The molecule has 0 aromatic heterocycles. The van der Waals surface area contributed by atoms with Crippen LogP contribution in [0.5, 0.6) is 0 Å². The third-order valence-electron chi connectivity index (χ3n) is 2.16. The van der Waals surface area contributed by atoms with Gasteiger partial charge >= 0.3 is 19.1 Å². The first kappa shape index (κ1) is 13.2. The van der Waals surface area contributed by atoms with E-state index in [1.54, 1.807) is 0 Å². The van der Waals surface area contributed by atoms with Gasteiger partial charge in [-0.2, -0.15) is 0 Å². The third kappa shape index (κ3) is 2.83. The van der Waals surface area contributed by atoms with E-state index >= 15 is 0 Å². The van der Waals surface area contributed by atoms with Crippen molar-refractivity contribution in [1.82, 2.24) is 0 Å². The Kier molecular flexibility index (Phi) is 4.25. The van der Waals surface area contributed by atoms with Crippen LogP contribution in [0.1, 0.15) is 20.7 Å². The Balaban J connectivity index is 3.29. The third-order valence-corrected chi connectivity index (χ3v) is 2.16. The first-order valence-corrected chi connectivity index (χ1v) is 4.68. The number of ether oxygens (including phenoxy) is 2. The smallest absolute Gasteiger partial charge is 0.465 e. The van der Waals surface area contributed by atoms with Crippen LogP contribution in [0, 0.1) is 0 Å². The summed E-state index contributed by atoms with van der Waals surface area (Å²) in [5.74, 6) is -1.40. The van der Waals surface area contributed by atoms with Gasteiger partial charge in [-0.05, 0) is 17.6 Å². The highest BCUT2D eigenvalue weighted by atomic mass is 16.5. The Morgan fingerprint density at radius 2 is 1.71 bits per heavy atom. The van der Waals surface area contributed by atoms with E-state index in [1.165, 1.54) is 25.3 Å². The summed E-state index contributed by atoms with van der Waals surface area (Å²) < 4.78 is 8.97. The van der Waals surface area contributed by atoms with Crippen molar-refractivity contribution in [2.75, 3.05) is 14.2 Å². The number of carbonyl (C=O) groups excluding carboxylic acids is 2. The lowest BCUT2D eigenvalue weighted by atomic mass is 9.76. The summed E-state index contributed by atoms with van der Waals surface area (Å²) in [5, 5.41) is 18.1. The molecule has 0 bridgehead atoms. The van der Waals surface area contributed by atoms with Crippen LogP contribution >= 0.6 is 0 Å². The number of hydrogen-bond donors (Lipinski definition) is 2. The average Bonchev–Trinajstić information content (AvgIpc) is 2.35. The standard InChI is InChI=1S/C10H11BO6/c1-16-9(12)6-3-4-8(11(14)15)7(5-6)10(13)17-2/h3-5,14-15H,1-2H3. The summed E-state index contributed by atoms with van der Waals surface area (Å²) in [6.45, 7) is 0. The number of hydrogen-bond acceptors (Lipinski definition) is 6. The van der Waals surface area contributed by atoms with Gasteiger partial charge in [0.05, 0.1) is 25.3 Å². The molecule has 1 rings (SSSR count). The van der Waals surface area contributed by atoms with Crippen LogP contribution in [0.25, 0.3) is 0 Å². The van der Waals surface area contributed by atoms with Gasteiger partial charge in [0, 0.05) is 0 Å². The number of benzene rings is 1. The first-order chi connectivity index (χ1) is 8.01. The predicted octanol–water partition coefficient (Wildman–Crippen LogP) is -1.06. The van der Waals surface area contributed by atoms with E-state index in [1.807, 2.05) is 0 Å². The van der Waals surface area contributed by atoms with Crippen molar-refractivity contribution in [3.05, 3.63) is 29.3 Å². The van der Waals surface area contributed by atoms with Gasteiger partial charge in [-0.25, -0.2) is 9.59 Å². The fourth-order valence-corrected chi connectivity index (χ4v) is 1.31. The molecule has 2 N–H and O–H groups in total. The summed E-state index contributed by atoms with van der Waals surface area (Å²) >= 11 is 0. The van der Waals surface area contributed by atoms with Crippen LogP contribution in [-0.2, 0) is 9.47 Å². The van der Waals surface area contributed by atoms with E-state index in [0.29, 0.717) is 0 Å². The van der Waals surface area contributed by atoms with Crippen LogP contribution in [0.15, 0.2) is 18.2 Å². The van der Waals surface area contributed by atoms with Crippen molar-refractivity contribution in [2.24, 2.45) is 0 Å². The number of carbonyl (C=O) groups is 2.